The number of rotatable bonds is 7. The van der Waals surface area contributed by atoms with Crippen LogP contribution in [0.25, 0.3) is 0 Å². The zero-order chi connectivity index (χ0) is 21.5. The Morgan fingerprint density at radius 1 is 1.13 bits per heavy atom. The molecule has 0 spiro atoms. The number of carbonyl (C=O) groups excluding carboxylic acids is 2. The van der Waals surface area contributed by atoms with Crippen molar-refractivity contribution in [2.75, 3.05) is 0 Å². The second-order valence-electron chi connectivity index (χ2n) is 8.79. The summed E-state index contributed by atoms with van der Waals surface area (Å²) in [6.45, 7) is 7.20. The van der Waals surface area contributed by atoms with E-state index in [9.17, 15) is 9.59 Å². The molecule has 3 atom stereocenters. The van der Waals surface area contributed by atoms with Crippen LogP contribution >= 0.6 is 0 Å². The zero-order valence-electron chi connectivity index (χ0n) is 18.6. The molecule has 0 bridgehead atoms. The van der Waals surface area contributed by atoms with Crippen molar-refractivity contribution < 1.29 is 31.3 Å². The number of nitrogens with one attached hydrogen (secondary N) is 1. The van der Waals surface area contributed by atoms with Gasteiger partial charge in [-0.15, -0.1) is 0 Å². The first-order valence-corrected chi connectivity index (χ1v) is 10.9. The number of hydrogen-bond donors (Lipinski definition) is 1. The van der Waals surface area contributed by atoms with Crippen LogP contribution in [0.4, 0.5) is 0 Å². The maximum Gasteiger partial charge on any atom is 0.372 e. The number of ether oxygens (including phenoxy) is 1. The summed E-state index contributed by atoms with van der Waals surface area (Å²) in [6.07, 6.45) is 6.72. The lowest BCUT2D eigenvalue weighted by atomic mass is 9.75. The van der Waals surface area contributed by atoms with Crippen LogP contribution in [0.3, 0.4) is 0 Å². The van der Waals surface area contributed by atoms with Gasteiger partial charge in [-0.2, -0.15) is 4.57 Å². The van der Waals surface area contributed by atoms with Crippen LogP contribution < -0.4 is 22.3 Å². The van der Waals surface area contributed by atoms with Gasteiger partial charge in [-0.05, 0) is 42.2 Å². The summed E-state index contributed by atoms with van der Waals surface area (Å²) in [5.74, 6) is 1.10. The van der Waals surface area contributed by atoms with Crippen LogP contribution in [-0.4, -0.2) is 18.0 Å². The predicted molar refractivity (Wildman–Crippen MR) is 115 cm³/mol. The molecule has 5 nitrogen and oxygen atoms in total. The molecule has 1 aromatic heterocycles. The Morgan fingerprint density at radius 2 is 1.87 bits per heavy atom. The van der Waals surface area contributed by atoms with E-state index < -0.39 is 0 Å². The number of amides is 1. The van der Waals surface area contributed by atoms with Gasteiger partial charge in [0, 0.05) is 12.6 Å². The molecule has 1 fully saturated rings. The van der Waals surface area contributed by atoms with E-state index in [2.05, 4.69) is 26.1 Å². The van der Waals surface area contributed by atoms with Crippen molar-refractivity contribution in [3.63, 3.8) is 0 Å². The van der Waals surface area contributed by atoms with Crippen LogP contribution in [-0.2, 0) is 22.6 Å². The Morgan fingerprint density at radius 3 is 2.58 bits per heavy atom. The quantitative estimate of drug-likeness (QED) is 0.510. The van der Waals surface area contributed by atoms with Crippen molar-refractivity contribution in [2.24, 2.45) is 17.8 Å². The number of hydrogen-bond acceptors (Lipinski definition) is 3. The summed E-state index contributed by atoms with van der Waals surface area (Å²) in [6, 6.07) is 13.3. The van der Waals surface area contributed by atoms with E-state index >= 15 is 0 Å². The van der Waals surface area contributed by atoms with E-state index in [4.69, 9.17) is 4.74 Å². The van der Waals surface area contributed by atoms with Gasteiger partial charge in [0.25, 0.3) is 5.91 Å². The molecule has 31 heavy (non-hydrogen) atoms. The Balaban J connectivity index is 0.00000341. The average molecular weight is 445 g/mol. The third kappa shape index (κ3) is 7.35. The van der Waals surface area contributed by atoms with Gasteiger partial charge in [0.1, 0.15) is 11.7 Å². The highest BCUT2D eigenvalue weighted by atomic mass is 35.5. The summed E-state index contributed by atoms with van der Waals surface area (Å²) < 4.78 is 7.60. The van der Waals surface area contributed by atoms with E-state index in [0.29, 0.717) is 29.9 Å². The lowest BCUT2D eigenvalue weighted by molar-refractivity contribution is -0.686. The Bertz CT molecular complexity index is 857. The van der Waals surface area contributed by atoms with Crippen molar-refractivity contribution >= 4 is 11.9 Å². The number of aromatic nitrogens is 1. The van der Waals surface area contributed by atoms with Crippen LogP contribution in [0.15, 0.2) is 54.9 Å². The minimum Gasteiger partial charge on any atom is -1.00 e. The van der Waals surface area contributed by atoms with Gasteiger partial charge in [0.05, 0.1) is 0 Å². The first-order chi connectivity index (χ1) is 14.4. The molecule has 1 N–H and O–H groups in total. The van der Waals surface area contributed by atoms with Crippen molar-refractivity contribution in [3.05, 3.63) is 66.0 Å². The topological polar surface area (TPSA) is 59.3 Å². The van der Waals surface area contributed by atoms with E-state index in [1.807, 2.05) is 30.3 Å². The Hall–Kier alpha value is -2.40. The molecule has 3 unspecified atom stereocenters. The molecule has 1 aliphatic carbocycles. The van der Waals surface area contributed by atoms with E-state index in [-0.39, 0.29) is 36.9 Å². The summed E-state index contributed by atoms with van der Waals surface area (Å²) in [4.78, 5) is 25.1. The molecule has 168 valence electrons. The van der Waals surface area contributed by atoms with E-state index in [0.717, 1.165) is 18.4 Å². The molecule has 2 aromatic rings. The first-order valence-electron chi connectivity index (χ1n) is 10.9. The number of pyridine rings is 1. The molecule has 1 saturated carbocycles. The van der Waals surface area contributed by atoms with Crippen molar-refractivity contribution in [2.45, 2.75) is 59.2 Å². The van der Waals surface area contributed by atoms with E-state index in [1.54, 1.807) is 29.1 Å². The van der Waals surface area contributed by atoms with Crippen LogP contribution in [0.1, 0.15) is 56.0 Å². The molecule has 6 heteroatoms. The third-order valence-electron chi connectivity index (χ3n) is 5.97. The lowest BCUT2D eigenvalue weighted by Crippen LogP contribution is -3.00. The molecule has 1 amide bonds. The highest BCUT2D eigenvalue weighted by Gasteiger charge is 2.34. The van der Waals surface area contributed by atoms with Crippen LogP contribution in [0, 0.1) is 17.8 Å². The SMILES string of the molecule is CC1CCC(C(C)C)C(OC(=O)C[n+]2cccc(C(=O)NCc3ccccc3)c2)C1.[Cl-]. The summed E-state index contributed by atoms with van der Waals surface area (Å²) in [5.41, 5.74) is 1.56. The second kappa shape index (κ2) is 11.8. The fourth-order valence-electron chi connectivity index (χ4n) is 4.24. The fraction of sp³-hybridized carbons (Fsp3) is 0.480. The monoisotopic (exact) mass is 444 g/mol. The van der Waals surface area contributed by atoms with Gasteiger partial charge in [-0.3, -0.25) is 4.79 Å². The van der Waals surface area contributed by atoms with E-state index in [1.165, 1.54) is 6.42 Å². The molecule has 1 aromatic carbocycles. The van der Waals surface area contributed by atoms with Crippen molar-refractivity contribution in [1.29, 1.82) is 0 Å². The Labute approximate surface area is 191 Å². The molecule has 1 aliphatic rings. The van der Waals surface area contributed by atoms with Crippen LogP contribution in [0.2, 0.25) is 0 Å². The van der Waals surface area contributed by atoms with Gasteiger partial charge in [-0.25, -0.2) is 4.79 Å². The number of halogens is 1. The largest absolute Gasteiger partial charge is 1.00 e. The molecule has 0 radical (unpaired) electrons. The maximum absolute atomic E-state index is 12.6. The maximum atomic E-state index is 12.6. The summed E-state index contributed by atoms with van der Waals surface area (Å²) >= 11 is 0. The van der Waals surface area contributed by atoms with Crippen molar-refractivity contribution in [1.82, 2.24) is 5.32 Å². The molecule has 0 saturated heterocycles. The van der Waals surface area contributed by atoms with Crippen LogP contribution in [0.5, 0.6) is 0 Å². The minimum atomic E-state index is -0.244. The smallest absolute Gasteiger partial charge is 0.372 e. The molecule has 1 heterocycles. The molecule has 0 aliphatic heterocycles. The normalized spacial score (nSPS) is 20.6. The highest BCUT2D eigenvalue weighted by molar-refractivity contribution is 5.93. The average Bonchev–Trinajstić information content (AvgIpc) is 2.72. The van der Waals surface area contributed by atoms with Gasteiger partial charge in [0.15, 0.2) is 12.4 Å². The summed E-state index contributed by atoms with van der Waals surface area (Å²) in [5, 5.41) is 2.92. The van der Waals surface area contributed by atoms with Gasteiger partial charge in [0.2, 0.25) is 6.54 Å². The molecular weight excluding hydrogens is 412 g/mol. The number of nitrogens with zero attached hydrogens (tertiary/aromatic N) is 1. The first kappa shape index (κ1) is 24.9. The Kier molecular flexibility index (Phi) is 9.50. The highest BCUT2D eigenvalue weighted by Crippen LogP contribution is 2.35. The third-order valence-corrected chi connectivity index (χ3v) is 5.97. The molecular formula is C25H33ClN2O3. The second-order valence-corrected chi connectivity index (χ2v) is 8.79. The number of esters is 1. The molecule has 3 rings (SSSR count). The zero-order valence-corrected chi connectivity index (χ0v) is 19.3. The number of carbonyl (C=O) groups is 2. The number of benzene rings is 1. The predicted octanol–water partition coefficient (Wildman–Crippen LogP) is 0.912. The summed E-state index contributed by atoms with van der Waals surface area (Å²) in [7, 11) is 0. The van der Waals surface area contributed by atoms with Gasteiger partial charge >= 0.3 is 5.97 Å². The van der Waals surface area contributed by atoms with Crippen molar-refractivity contribution in [3.8, 4) is 0 Å². The van der Waals surface area contributed by atoms with Gasteiger partial charge < -0.3 is 22.5 Å². The fourth-order valence-corrected chi connectivity index (χ4v) is 4.24. The minimum absolute atomic E-state index is 0. The standard InChI is InChI=1S/C25H32N2O3.ClH/c1-18(2)22-12-11-19(3)14-23(22)30-24(28)17-27-13-7-10-21(16-27)25(29)26-15-20-8-5-4-6-9-20;/h4-10,13,16,18-19,22-23H,11-12,14-15,17H2,1-3H3;1H. The lowest BCUT2D eigenvalue weighted by Gasteiger charge is -2.36. The van der Waals surface area contributed by atoms with Gasteiger partial charge in [-0.1, -0.05) is 57.5 Å².